The average Bonchev–Trinajstić information content (AvgIpc) is 3.00. The number of phenols is 1. The largest absolute Gasteiger partial charge is 0.507 e. The summed E-state index contributed by atoms with van der Waals surface area (Å²) in [5.74, 6) is -0.330. The minimum Gasteiger partial charge on any atom is -0.507 e. The summed E-state index contributed by atoms with van der Waals surface area (Å²) >= 11 is 0. The fourth-order valence-corrected chi connectivity index (χ4v) is 4.86. The minimum atomic E-state index is -0.976. The molecule has 5 aromatic carbocycles. The third-order valence-corrected chi connectivity index (χ3v) is 6.82. The topological polar surface area (TPSA) is 123 Å². The number of nitrogen functional groups attached to an aromatic ring is 1. The fraction of sp³-hybridized carbons (Fsp3) is 0.118. The number of amides is 2. The Hall–Kier alpha value is -5.34. The van der Waals surface area contributed by atoms with E-state index in [1.807, 2.05) is 61.5 Å². The second-order valence-corrected chi connectivity index (χ2v) is 9.55. The molecular weight excluding hydrogens is 530 g/mol. The zero-order valence-electron chi connectivity index (χ0n) is 23.0. The van der Waals surface area contributed by atoms with Crippen LogP contribution in [0.15, 0.2) is 115 Å². The van der Waals surface area contributed by atoms with E-state index in [0.29, 0.717) is 33.4 Å². The lowest BCUT2D eigenvalue weighted by molar-refractivity contribution is -0.112. The quantitative estimate of drug-likeness (QED) is 0.112. The van der Waals surface area contributed by atoms with Crippen LogP contribution in [0.4, 0.5) is 21.9 Å². The number of benzene rings is 5. The van der Waals surface area contributed by atoms with Gasteiger partial charge in [-0.25, -0.2) is 4.79 Å². The lowest BCUT2D eigenvalue weighted by atomic mass is 9.96. The van der Waals surface area contributed by atoms with E-state index in [2.05, 4.69) is 10.6 Å². The average molecular weight is 562 g/mol. The number of para-hydroxylation sites is 2. The van der Waals surface area contributed by atoms with E-state index in [-0.39, 0.29) is 12.4 Å². The molecule has 5 aromatic rings. The molecular formula is C34H31N3O5. The molecule has 0 aliphatic rings. The molecule has 0 aliphatic heterocycles. The number of phenolic OH excluding ortho intramolecular Hbond substituents is 1. The minimum absolute atomic E-state index is 0.0941. The van der Waals surface area contributed by atoms with Crippen LogP contribution in [0.5, 0.6) is 5.75 Å². The monoisotopic (exact) mass is 561 g/mol. The van der Waals surface area contributed by atoms with Crippen LogP contribution in [-0.2, 0) is 14.3 Å². The Kier molecular flexibility index (Phi) is 8.65. The number of aromatic hydroxyl groups is 1. The van der Waals surface area contributed by atoms with E-state index < -0.39 is 24.2 Å². The Morgan fingerprint density at radius 2 is 1.48 bits per heavy atom. The van der Waals surface area contributed by atoms with Gasteiger partial charge in [-0.05, 0) is 48.0 Å². The maximum atomic E-state index is 13.4. The van der Waals surface area contributed by atoms with E-state index >= 15 is 0 Å². The van der Waals surface area contributed by atoms with Crippen molar-refractivity contribution in [2.45, 2.75) is 19.1 Å². The number of ether oxygens (including phenoxy) is 2. The molecule has 0 spiro atoms. The molecule has 0 fully saturated rings. The van der Waals surface area contributed by atoms with Gasteiger partial charge < -0.3 is 25.6 Å². The van der Waals surface area contributed by atoms with Crippen molar-refractivity contribution in [1.29, 1.82) is 0 Å². The number of fused-ring (bicyclic) bond motifs is 2. The first-order valence-corrected chi connectivity index (χ1v) is 13.6. The maximum absolute atomic E-state index is 13.4. The van der Waals surface area contributed by atoms with E-state index in [1.165, 1.54) is 6.08 Å². The summed E-state index contributed by atoms with van der Waals surface area (Å²) in [6.07, 6.45) is 0.355. The lowest BCUT2D eigenvalue weighted by Gasteiger charge is -2.26. The normalized spacial score (nSPS) is 12.7. The number of anilines is 3. The summed E-state index contributed by atoms with van der Waals surface area (Å²) in [5.41, 5.74) is 8.07. The van der Waals surface area contributed by atoms with Gasteiger partial charge in [-0.15, -0.1) is 0 Å². The Labute approximate surface area is 243 Å². The van der Waals surface area contributed by atoms with Crippen LogP contribution in [0.2, 0.25) is 0 Å². The summed E-state index contributed by atoms with van der Waals surface area (Å²) in [4.78, 5) is 26.2. The van der Waals surface area contributed by atoms with E-state index in [9.17, 15) is 14.7 Å². The van der Waals surface area contributed by atoms with Crippen LogP contribution in [0.25, 0.3) is 21.5 Å². The molecule has 5 N–H and O–H groups in total. The van der Waals surface area contributed by atoms with Gasteiger partial charge >= 0.3 is 6.09 Å². The van der Waals surface area contributed by atoms with Gasteiger partial charge in [-0.2, -0.15) is 0 Å². The standard InChI is InChI=1S/C34H31N3O5/c1-2-41-31(20-21-32(39)36-29-16-8-7-15-27(29)35)33(26-18-19-30(38)25-14-6-5-13-24(25)26)42-34(40)37-28-17-9-11-22-10-3-4-12-23(22)28/h3-21,31,33,38H,2,35H2,1H3,(H,36,39)(H,37,40)/b21-20+/t31-,33-/m0/s1. The molecule has 8 heteroatoms. The molecule has 2 amide bonds. The molecule has 0 heterocycles. The van der Waals surface area contributed by atoms with Crippen molar-refractivity contribution in [1.82, 2.24) is 0 Å². The summed E-state index contributed by atoms with van der Waals surface area (Å²) in [5, 5.41) is 19.2. The smallest absolute Gasteiger partial charge is 0.412 e. The zero-order chi connectivity index (χ0) is 29.5. The summed E-state index contributed by atoms with van der Waals surface area (Å²) in [6.45, 7) is 2.09. The van der Waals surface area contributed by atoms with Gasteiger partial charge in [0.2, 0.25) is 5.91 Å². The summed E-state index contributed by atoms with van der Waals surface area (Å²) < 4.78 is 12.1. The highest BCUT2D eigenvalue weighted by Gasteiger charge is 2.29. The van der Waals surface area contributed by atoms with Crippen molar-refractivity contribution in [2.24, 2.45) is 0 Å². The molecule has 0 aromatic heterocycles. The predicted octanol–water partition coefficient (Wildman–Crippen LogP) is 7.17. The maximum Gasteiger partial charge on any atom is 0.412 e. The van der Waals surface area contributed by atoms with Gasteiger partial charge in [0.1, 0.15) is 11.9 Å². The van der Waals surface area contributed by atoms with Crippen LogP contribution in [0.3, 0.4) is 0 Å². The molecule has 0 saturated heterocycles. The van der Waals surface area contributed by atoms with Crippen molar-refractivity contribution in [3.05, 3.63) is 121 Å². The first-order valence-electron chi connectivity index (χ1n) is 13.6. The number of nitrogens with one attached hydrogen (secondary N) is 2. The molecule has 0 saturated carbocycles. The van der Waals surface area contributed by atoms with Crippen LogP contribution in [0, 0.1) is 0 Å². The second kappa shape index (κ2) is 12.9. The molecule has 42 heavy (non-hydrogen) atoms. The van der Waals surface area contributed by atoms with Gasteiger partial charge in [0.25, 0.3) is 0 Å². The van der Waals surface area contributed by atoms with Crippen LogP contribution in [0.1, 0.15) is 18.6 Å². The number of hydrogen-bond donors (Lipinski definition) is 4. The lowest BCUT2D eigenvalue weighted by Crippen LogP contribution is -2.28. The number of carbonyl (C=O) groups is 2. The fourth-order valence-electron chi connectivity index (χ4n) is 4.86. The Balaban J connectivity index is 1.49. The van der Waals surface area contributed by atoms with Crippen molar-refractivity contribution in [3.63, 3.8) is 0 Å². The van der Waals surface area contributed by atoms with Crippen LogP contribution in [-0.4, -0.2) is 29.8 Å². The summed E-state index contributed by atoms with van der Waals surface area (Å²) in [7, 11) is 0. The molecule has 0 unspecified atom stereocenters. The van der Waals surface area contributed by atoms with Crippen molar-refractivity contribution in [3.8, 4) is 5.75 Å². The van der Waals surface area contributed by atoms with Crippen molar-refractivity contribution < 1.29 is 24.2 Å². The molecule has 0 aliphatic carbocycles. The van der Waals surface area contributed by atoms with E-state index in [4.69, 9.17) is 15.2 Å². The predicted molar refractivity (Wildman–Crippen MR) is 166 cm³/mol. The van der Waals surface area contributed by atoms with Gasteiger partial charge in [0.05, 0.1) is 17.1 Å². The van der Waals surface area contributed by atoms with Crippen LogP contribution >= 0.6 is 0 Å². The second-order valence-electron chi connectivity index (χ2n) is 9.55. The first kappa shape index (κ1) is 28.2. The summed E-state index contributed by atoms with van der Waals surface area (Å²) in [6, 6.07) is 30.8. The van der Waals surface area contributed by atoms with Gasteiger partial charge in [0.15, 0.2) is 6.10 Å². The highest BCUT2D eigenvalue weighted by atomic mass is 16.6. The Morgan fingerprint density at radius 1 is 0.810 bits per heavy atom. The van der Waals surface area contributed by atoms with Crippen LogP contribution < -0.4 is 16.4 Å². The van der Waals surface area contributed by atoms with Crippen molar-refractivity contribution in [2.75, 3.05) is 23.0 Å². The third-order valence-electron chi connectivity index (χ3n) is 6.82. The highest BCUT2D eigenvalue weighted by molar-refractivity contribution is 6.02. The van der Waals surface area contributed by atoms with Gasteiger partial charge in [-0.3, -0.25) is 10.1 Å². The van der Waals surface area contributed by atoms with Gasteiger partial charge in [-0.1, -0.05) is 78.9 Å². The molecule has 2 atom stereocenters. The Bertz CT molecular complexity index is 1760. The SMILES string of the molecule is CCO[C@@H](/C=C/C(=O)Nc1ccccc1N)[C@@H](OC(=O)Nc1cccc2ccccc12)c1ccc(O)c2ccccc12. The van der Waals surface area contributed by atoms with E-state index in [1.54, 1.807) is 54.6 Å². The first-order chi connectivity index (χ1) is 20.4. The molecule has 8 nitrogen and oxygen atoms in total. The number of rotatable bonds is 9. The molecule has 5 rings (SSSR count). The molecule has 0 radical (unpaired) electrons. The molecule has 0 bridgehead atoms. The number of carbonyl (C=O) groups excluding carboxylic acids is 2. The number of nitrogens with two attached hydrogens (primary N) is 1. The van der Waals surface area contributed by atoms with E-state index in [0.717, 1.165) is 10.8 Å². The van der Waals surface area contributed by atoms with Gasteiger partial charge in [0, 0.05) is 29.0 Å². The highest BCUT2D eigenvalue weighted by Crippen LogP contribution is 2.35. The zero-order valence-corrected chi connectivity index (χ0v) is 23.0. The molecule has 212 valence electrons. The Morgan fingerprint density at radius 3 is 2.26 bits per heavy atom. The third kappa shape index (κ3) is 6.35. The number of hydrogen-bond acceptors (Lipinski definition) is 6. The van der Waals surface area contributed by atoms with Crippen molar-refractivity contribution >= 4 is 50.6 Å².